The van der Waals surface area contributed by atoms with E-state index in [0.717, 1.165) is 3.92 Å². The average Bonchev–Trinajstić information content (AvgIpc) is 1.98. The van der Waals surface area contributed by atoms with Gasteiger partial charge in [-0.1, -0.05) is 0 Å². The molecule has 0 aromatic rings. The minimum absolute atomic E-state index is 0.296. The van der Waals surface area contributed by atoms with Crippen molar-refractivity contribution in [2.75, 3.05) is 0 Å². The molecule has 42 valence electrons. The fourth-order valence-electron chi connectivity index (χ4n) is 0.387. The van der Waals surface area contributed by atoms with Crippen molar-refractivity contribution in [3.63, 3.8) is 0 Å². The summed E-state index contributed by atoms with van der Waals surface area (Å²) in [5.41, 5.74) is 0. The Morgan fingerprint density at radius 1 is 1.25 bits per heavy atom. The summed E-state index contributed by atoms with van der Waals surface area (Å²) in [4.78, 5) is 20.7. The van der Waals surface area contributed by atoms with Crippen molar-refractivity contribution in [2.45, 2.75) is 0 Å². The van der Waals surface area contributed by atoms with Crippen LogP contribution in [0.3, 0.4) is 0 Å². The molecule has 0 fully saturated rings. The Labute approximate surface area is 54.4 Å². The molecule has 0 unspecified atom stereocenters. The fourth-order valence-corrected chi connectivity index (χ4v) is 0.642. The molecule has 1 aliphatic heterocycles. The molecule has 1 aliphatic rings. The summed E-state index contributed by atoms with van der Waals surface area (Å²) in [5, 5.41) is 0. The number of amides is 2. The van der Waals surface area contributed by atoms with Crippen LogP contribution in [0.15, 0.2) is 12.2 Å². The summed E-state index contributed by atoms with van der Waals surface area (Å²) < 4.78 is 0.931. The molecule has 1 rings (SSSR count). The molecular weight excluding hydrogens is 173 g/mol. The van der Waals surface area contributed by atoms with Crippen LogP contribution in [0.5, 0.6) is 0 Å². The summed E-state index contributed by atoms with van der Waals surface area (Å²) >= 11 is 2.31. The second kappa shape index (κ2) is 1.73. The summed E-state index contributed by atoms with van der Waals surface area (Å²) in [6, 6.07) is 0. The van der Waals surface area contributed by atoms with E-state index in [1.165, 1.54) is 12.2 Å². The number of imide groups is 1. The first-order valence-corrected chi connectivity index (χ1v) is 2.71. The van der Waals surface area contributed by atoms with Crippen molar-refractivity contribution in [1.82, 2.24) is 3.92 Å². The van der Waals surface area contributed by atoms with Crippen LogP contribution >= 0.6 is 0 Å². The third-order valence-corrected chi connectivity index (χ3v) is 1.52. The van der Waals surface area contributed by atoms with Gasteiger partial charge in [0.1, 0.15) is 0 Å². The predicted molar refractivity (Wildman–Crippen MR) is 26.7 cm³/mol. The van der Waals surface area contributed by atoms with Gasteiger partial charge in [0.05, 0.1) is 0 Å². The number of hydrogen-bond acceptors (Lipinski definition) is 2. The van der Waals surface area contributed by atoms with Gasteiger partial charge in [0.15, 0.2) is 0 Å². The molecule has 0 spiro atoms. The Balaban J connectivity index is 2.84. The topological polar surface area (TPSA) is 37.4 Å². The summed E-state index contributed by atoms with van der Waals surface area (Å²) in [7, 11) is 0. The number of nitrogens with zero attached hydrogens (tertiary/aromatic N) is 1. The molecule has 3 nitrogen and oxygen atoms in total. The van der Waals surface area contributed by atoms with Gasteiger partial charge in [-0.15, -0.1) is 0 Å². The van der Waals surface area contributed by atoms with Gasteiger partial charge in [0.2, 0.25) is 0 Å². The van der Waals surface area contributed by atoms with Gasteiger partial charge in [-0.3, -0.25) is 0 Å². The molecule has 4 heteroatoms. The van der Waals surface area contributed by atoms with Gasteiger partial charge in [-0.05, 0) is 0 Å². The molecular formula is C4H2NO2Se-. The summed E-state index contributed by atoms with van der Waals surface area (Å²) in [6.07, 6.45) is 2.44. The van der Waals surface area contributed by atoms with E-state index in [1.54, 1.807) is 0 Å². The Morgan fingerprint density at radius 3 is 1.75 bits per heavy atom. The fraction of sp³-hybridized carbons (Fsp3) is 0. The number of carbonyl (C=O) groups excluding carboxylic acids is 2. The van der Waals surface area contributed by atoms with Crippen molar-refractivity contribution in [2.24, 2.45) is 0 Å². The van der Waals surface area contributed by atoms with Crippen LogP contribution in [-0.4, -0.2) is 32.0 Å². The van der Waals surface area contributed by atoms with E-state index in [1.807, 2.05) is 0 Å². The molecule has 0 aromatic carbocycles. The molecule has 0 saturated heterocycles. The van der Waals surface area contributed by atoms with E-state index >= 15 is 0 Å². The second-order valence-electron chi connectivity index (χ2n) is 1.30. The van der Waals surface area contributed by atoms with E-state index in [2.05, 4.69) is 16.2 Å². The third kappa shape index (κ3) is 0.680. The maximum atomic E-state index is 10.4. The quantitative estimate of drug-likeness (QED) is 0.349. The molecule has 8 heavy (non-hydrogen) atoms. The second-order valence-corrected chi connectivity index (χ2v) is 2.07. The Hall–Kier alpha value is -0.601. The summed E-state index contributed by atoms with van der Waals surface area (Å²) in [6.45, 7) is 0. The first kappa shape index (κ1) is 5.53. The zero-order valence-electron chi connectivity index (χ0n) is 3.83. The monoisotopic (exact) mass is 176 g/mol. The van der Waals surface area contributed by atoms with Crippen molar-refractivity contribution in [3.8, 4) is 0 Å². The van der Waals surface area contributed by atoms with Crippen LogP contribution in [0.25, 0.3) is 0 Å². The van der Waals surface area contributed by atoms with E-state index in [9.17, 15) is 9.59 Å². The van der Waals surface area contributed by atoms with Crippen molar-refractivity contribution in [3.05, 3.63) is 12.2 Å². The van der Waals surface area contributed by atoms with E-state index in [0.29, 0.717) is 0 Å². The van der Waals surface area contributed by atoms with Crippen LogP contribution < -0.4 is 0 Å². The molecule has 0 N–H and O–H groups in total. The maximum absolute atomic E-state index is 10.4. The Morgan fingerprint density at radius 2 is 1.62 bits per heavy atom. The third-order valence-electron chi connectivity index (χ3n) is 0.769. The molecule has 0 radical (unpaired) electrons. The van der Waals surface area contributed by atoms with Gasteiger partial charge in [-0.2, -0.15) is 0 Å². The van der Waals surface area contributed by atoms with Crippen molar-refractivity contribution < 1.29 is 9.59 Å². The van der Waals surface area contributed by atoms with Crippen LogP contribution in [0.4, 0.5) is 0 Å². The van der Waals surface area contributed by atoms with Crippen LogP contribution in [0.2, 0.25) is 0 Å². The number of rotatable bonds is 0. The Bertz CT molecular complexity index is 157. The van der Waals surface area contributed by atoms with E-state index in [-0.39, 0.29) is 11.8 Å². The first-order chi connectivity index (χ1) is 3.72. The molecule has 0 saturated carbocycles. The predicted octanol–water partition coefficient (Wildman–Crippen LogP) is -1.01. The molecule has 0 atom stereocenters. The number of hydrogen-bond donors (Lipinski definition) is 0. The van der Waals surface area contributed by atoms with E-state index < -0.39 is 0 Å². The van der Waals surface area contributed by atoms with Crippen LogP contribution in [0.1, 0.15) is 0 Å². The molecule has 0 aliphatic carbocycles. The van der Waals surface area contributed by atoms with Crippen molar-refractivity contribution >= 4 is 28.0 Å². The normalized spacial score (nSPS) is 18.4. The Kier molecular flexibility index (Phi) is 1.19. The first-order valence-electron chi connectivity index (χ1n) is 1.95. The van der Waals surface area contributed by atoms with Gasteiger partial charge < -0.3 is 0 Å². The van der Waals surface area contributed by atoms with E-state index in [4.69, 9.17) is 0 Å². The van der Waals surface area contributed by atoms with Crippen LogP contribution in [0, 0.1) is 0 Å². The van der Waals surface area contributed by atoms with Gasteiger partial charge in [-0.25, -0.2) is 0 Å². The zero-order valence-corrected chi connectivity index (χ0v) is 5.54. The van der Waals surface area contributed by atoms with Crippen LogP contribution in [-0.2, 0) is 9.59 Å². The molecule has 2 amide bonds. The standard InChI is InChI=1S/C4H2NO2Se/c6-3-1-2-4(7)5(3)8/h1-2H/q-1. The van der Waals surface area contributed by atoms with Crippen molar-refractivity contribution in [1.29, 1.82) is 0 Å². The van der Waals surface area contributed by atoms with Gasteiger partial charge in [0, 0.05) is 0 Å². The SMILES string of the molecule is O=C1C=CC(=O)N1[Se-]. The zero-order chi connectivity index (χ0) is 6.15. The van der Waals surface area contributed by atoms with Gasteiger partial charge >= 0.3 is 53.7 Å². The van der Waals surface area contributed by atoms with Gasteiger partial charge in [0.25, 0.3) is 0 Å². The molecule has 0 aromatic heterocycles. The summed E-state index contributed by atoms with van der Waals surface area (Å²) in [5.74, 6) is -0.593. The molecule has 1 heterocycles. The average molecular weight is 175 g/mol. The number of carbonyl (C=O) groups is 2. The molecule has 0 bridgehead atoms. The minimum atomic E-state index is -0.296.